The predicted molar refractivity (Wildman–Crippen MR) is 113 cm³/mol. The molecule has 1 saturated heterocycles. The number of halogens is 1. The van der Waals surface area contributed by atoms with Gasteiger partial charge in [0.05, 0.1) is 23.3 Å². The van der Waals surface area contributed by atoms with Crippen molar-refractivity contribution >= 4 is 46.3 Å². The van der Waals surface area contributed by atoms with E-state index in [2.05, 4.69) is 20.1 Å². The lowest BCUT2D eigenvalue weighted by Gasteiger charge is -2.14. The van der Waals surface area contributed by atoms with Crippen LogP contribution in [0.3, 0.4) is 0 Å². The largest absolute Gasteiger partial charge is 0.376 e. The van der Waals surface area contributed by atoms with Gasteiger partial charge in [0, 0.05) is 17.3 Å². The van der Waals surface area contributed by atoms with Crippen LogP contribution < -0.4 is 5.32 Å². The molecule has 28 heavy (non-hydrogen) atoms. The smallest absolute Gasteiger partial charge is 0.234 e. The summed E-state index contributed by atoms with van der Waals surface area (Å²) in [6.45, 7) is 1.49. The molecule has 146 valence electrons. The normalized spacial score (nSPS) is 16.4. The van der Waals surface area contributed by atoms with Crippen molar-refractivity contribution in [1.29, 1.82) is 0 Å². The standard InChI is InChI=1S/C19H19ClN4O2S2/c20-13-5-7-14(8-6-13)21-17(25)12-28-19-23-22-18(16-4-2-10-27-16)24(19)11-15-3-1-9-26-15/h2,4-8,10,15H,1,3,9,11-12H2,(H,21,25). The second-order valence-corrected chi connectivity index (χ2v) is 8.70. The number of anilines is 1. The number of benzene rings is 1. The first-order chi connectivity index (χ1) is 13.7. The van der Waals surface area contributed by atoms with Crippen molar-refractivity contribution in [3.63, 3.8) is 0 Å². The van der Waals surface area contributed by atoms with Gasteiger partial charge in [-0.15, -0.1) is 21.5 Å². The fourth-order valence-corrected chi connectivity index (χ4v) is 4.59. The highest BCUT2D eigenvalue weighted by Crippen LogP contribution is 2.29. The summed E-state index contributed by atoms with van der Waals surface area (Å²) in [5.74, 6) is 0.972. The second kappa shape index (κ2) is 9.09. The van der Waals surface area contributed by atoms with E-state index in [0.717, 1.165) is 41.0 Å². The molecule has 1 fully saturated rings. The zero-order valence-electron chi connectivity index (χ0n) is 15.0. The number of nitrogens with one attached hydrogen (secondary N) is 1. The average Bonchev–Trinajstić information content (AvgIpc) is 3.44. The topological polar surface area (TPSA) is 69.0 Å². The Balaban J connectivity index is 1.45. The van der Waals surface area contributed by atoms with Crippen LogP contribution in [0.5, 0.6) is 0 Å². The van der Waals surface area contributed by atoms with Gasteiger partial charge in [-0.05, 0) is 48.6 Å². The van der Waals surface area contributed by atoms with Gasteiger partial charge < -0.3 is 10.1 Å². The van der Waals surface area contributed by atoms with Crippen molar-refractivity contribution < 1.29 is 9.53 Å². The molecule has 0 saturated carbocycles. The minimum Gasteiger partial charge on any atom is -0.376 e. The van der Waals surface area contributed by atoms with Gasteiger partial charge in [0.25, 0.3) is 0 Å². The molecule has 0 bridgehead atoms. The van der Waals surface area contributed by atoms with Crippen LogP contribution >= 0.6 is 34.7 Å². The van der Waals surface area contributed by atoms with Gasteiger partial charge in [-0.3, -0.25) is 9.36 Å². The average molecular weight is 435 g/mol. The molecule has 0 aliphatic carbocycles. The van der Waals surface area contributed by atoms with E-state index in [1.807, 2.05) is 17.5 Å². The lowest BCUT2D eigenvalue weighted by atomic mass is 10.2. The van der Waals surface area contributed by atoms with E-state index in [1.165, 1.54) is 11.8 Å². The van der Waals surface area contributed by atoms with Gasteiger partial charge >= 0.3 is 0 Å². The summed E-state index contributed by atoms with van der Waals surface area (Å²) < 4.78 is 7.87. The second-order valence-electron chi connectivity index (χ2n) is 6.37. The van der Waals surface area contributed by atoms with E-state index in [9.17, 15) is 4.79 Å². The Kier molecular flexibility index (Phi) is 6.31. The summed E-state index contributed by atoms with van der Waals surface area (Å²) >= 11 is 8.88. The van der Waals surface area contributed by atoms with Crippen LogP contribution in [-0.2, 0) is 16.1 Å². The van der Waals surface area contributed by atoms with Crippen LogP contribution in [0, 0.1) is 0 Å². The molecular formula is C19H19ClN4O2S2. The SMILES string of the molecule is O=C(CSc1nnc(-c2cccs2)n1CC1CCCO1)Nc1ccc(Cl)cc1. The first-order valence-corrected chi connectivity index (χ1v) is 11.2. The van der Waals surface area contributed by atoms with Crippen molar-refractivity contribution in [2.45, 2.75) is 30.6 Å². The molecule has 2 aromatic heterocycles. The van der Waals surface area contributed by atoms with E-state index < -0.39 is 0 Å². The molecule has 1 N–H and O–H groups in total. The Morgan fingerprint density at radius 2 is 2.18 bits per heavy atom. The third kappa shape index (κ3) is 4.75. The Morgan fingerprint density at radius 3 is 2.89 bits per heavy atom. The number of nitrogens with zero attached hydrogens (tertiary/aromatic N) is 3. The maximum Gasteiger partial charge on any atom is 0.234 e. The molecule has 0 radical (unpaired) electrons. The highest BCUT2D eigenvalue weighted by molar-refractivity contribution is 7.99. The zero-order chi connectivity index (χ0) is 19.3. The lowest BCUT2D eigenvalue weighted by molar-refractivity contribution is -0.113. The fourth-order valence-electron chi connectivity index (χ4n) is 3.00. The van der Waals surface area contributed by atoms with E-state index in [4.69, 9.17) is 16.3 Å². The summed E-state index contributed by atoms with van der Waals surface area (Å²) in [5, 5.41) is 15.0. The van der Waals surface area contributed by atoms with Crippen molar-refractivity contribution in [2.75, 3.05) is 17.7 Å². The first-order valence-electron chi connectivity index (χ1n) is 8.96. The maximum atomic E-state index is 12.3. The molecule has 3 aromatic rings. The van der Waals surface area contributed by atoms with Crippen LogP contribution in [-0.4, -0.2) is 39.1 Å². The Morgan fingerprint density at radius 1 is 1.32 bits per heavy atom. The Hall–Kier alpha value is -1.87. The van der Waals surface area contributed by atoms with Gasteiger partial charge in [-0.2, -0.15) is 0 Å². The number of amides is 1. The van der Waals surface area contributed by atoms with Gasteiger partial charge in [0.1, 0.15) is 0 Å². The predicted octanol–water partition coefficient (Wildman–Crippen LogP) is 4.57. The number of rotatable bonds is 7. The lowest BCUT2D eigenvalue weighted by Crippen LogP contribution is -2.18. The highest BCUT2D eigenvalue weighted by atomic mass is 35.5. The number of hydrogen-bond donors (Lipinski definition) is 1. The summed E-state index contributed by atoms with van der Waals surface area (Å²) in [4.78, 5) is 13.4. The van der Waals surface area contributed by atoms with Gasteiger partial charge in [-0.1, -0.05) is 29.4 Å². The number of thiophene rings is 1. The zero-order valence-corrected chi connectivity index (χ0v) is 17.4. The highest BCUT2D eigenvalue weighted by Gasteiger charge is 2.22. The van der Waals surface area contributed by atoms with Crippen molar-refractivity contribution in [3.8, 4) is 10.7 Å². The number of thioether (sulfide) groups is 1. The monoisotopic (exact) mass is 434 g/mol. The molecular weight excluding hydrogens is 416 g/mol. The number of aromatic nitrogens is 3. The number of ether oxygens (including phenoxy) is 1. The molecule has 9 heteroatoms. The van der Waals surface area contributed by atoms with E-state index in [1.54, 1.807) is 35.6 Å². The molecule has 1 aliphatic rings. The van der Waals surface area contributed by atoms with E-state index in [-0.39, 0.29) is 17.8 Å². The molecule has 1 aliphatic heterocycles. The van der Waals surface area contributed by atoms with Crippen molar-refractivity contribution in [1.82, 2.24) is 14.8 Å². The van der Waals surface area contributed by atoms with Crippen LogP contribution in [0.25, 0.3) is 10.7 Å². The summed E-state index contributed by atoms with van der Waals surface area (Å²) in [5.41, 5.74) is 0.718. The van der Waals surface area contributed by atoms with Gasteiger partial charge in [-0.25, -0.2) is 0 Å². The molecule has 6 nitrogen and oxygen atoms in total. The molecule has 3 heterocycles. The fraction of sp³-hybridized carbons (Fsp3) is 0.316. The quantitative estimate of drug-likeness (QED) is 0.551. The molecule has 1 amide bonds. The van der Waals surface area contributed by atoms with Crippen LogP contribution in [0.1, 0.15) is 12.8 Å². The first kappa shape index (κ1) is 19.4. The minimum absolute atomic E-state index is 0.100. The van der Waals surface area contributed by atoms with Gasteiger partial charge in [0.2, 0.25) is 5.91 Å². The molecule has 1 unspecified atom stereocenters. The molecule has 1 aromatic carbocycles. The Bertz CT molecular complexity index is 922. The molecule has 1 atom stereocenters. The van der Waals surface area contributed by atoms with E-state index in [0.29, 0.717) is 11.6 Å². The molecule has 4 rings (SSSR count). The van der Waals surface area contributed by atoms with Gasteiger partial charge in [0.15, 0.2) is 11.0 Å². The third-order valence-corrected chi connectivity index (χ3v) is 6.41. The molecule has 0 spiro atoms. The van der Waals surface area contributed by atoms with E-state index >= 15 is 0 Å². The third-order valence-electron chi connectivity index (χ3n) is 4.33. The van der Waals surface area contributed by atoms with Crippen LogP contribution in [0.15, 0.2) is 46.9 Å². The van der Waals surface area contributed by atoms with Crippen LogP contribution in [0.2, 0.25) is 5.02 Å². The van der Waals surface area contributed by atoms with Crippen molar-refractivity contribution in [2.24, 2.45) is 0 Å². The van der Waals surface area contributed by atoms with Crippen molar-refractivity contribution in [3.05, 3.63) is 46.8 Å². The maximum absolute atomic E-state index is 12.3. The number of carbonyl (C=O) groups is 1. The summed E-state index contributed by atoms with van der Waals surface area (Å²) in [6, 6.07) is 11.1. The summed E-state index contributed by atoms with van der Waals surface area (Å²) in [6.07, 6.45) is 2.27. The summed E-state index contributed by atoms with van der Waals surface area (Å²) in [7, 11) is 0. The minimum atomic E-state index is -0.100. The Labute approximate surface area is 176 Å². The number of hydrogen-bond acceptors (Lipinski definition) is 6. The van der Waals surface area contributed by atoms with Crippen LogP contribution in [0.4, 0.5) is 5.69 Å². The number of carbonyl (C=O) groups excluding carboxylic acids is 1.